The summed E-state index contributed by atoms with van der Waals surface area (Å²) in [5.41, 5.74) is 2.14. The zero-order valence-corrected chi connectivity index (χ0v) is 12.0. The van der Waals surface area contributed by atoms with Gasteiger partial charge < -0.3 is 9.47 Å². The highest BCUT2D eigenvalue weighted by Gasteiger charge is 2.32. The van der Waals surface area contributed by atoms with Crippen LogP contribution in [0.1, 0.15) is 36.9 Å². The van der Waals surface area contributed by atoms with E-state index in [1.165, 1.54) is 25.5 Å². The fourth-order valence-corrected chi connectivity index (χ4v) is 2.80. The molecule has 0 bridgehead atoms. The highest BCUT2D eigenvalue weighted by molar-refractivity contribution is 5.77. The molecule has 1 fully saturated rings. The van der Waals surface area contributed by atoms with Crippen molar-refractivity contribution >= 4 is 5.97 Å². The van der Waals surface area contributed by atoms with Crippen molar-refractivity contribution in [2.75, 3.05) is 13.7 Å². The highest BCUT2D eigenvalue weighted by atomic mass is 16.5. The van der Waals surface area contributed by atoms with Gasteiger partial charge in [0.15, 0.2) is 0 Å². The van der Waals surface area contributed by atoms with Crippen molar-refractivity contribution < 1.29 is 14.3 Å². The molecule has 2 aliphatic rings. The van der Waals surface area contributed by atoms with Gasteiger partial charge >= 0.3 is 5.97 Å². The van der Waals surface area contributed by atoms with Gasteiger partial charge in [-0.25, -0.2) is 4.79 Å². The van der Waals surface area contributed by atoms with Crippen LogP contribution in [0.2, 0.25) is 0 Å². The minimum absolute atomic E-state index is 0.226. The Hall–Kier alpha value is -1.55. The van der Waals surface area contributed by atoms with Crippen molar-refractivity contribution in [1.29, 1.82) is 0 Å². The number of fused-ring (bicyclic) bond motifs is 1. The number of hydrogen-bond donors (Lipinski definition) is 1. The van der Waals surface area contributed by atoms with Crippen LogP contribution in [0.25, 0.3) is 0 Å². The lowest BCUT2D eigenvalue weighted by Crippen LogP contribution is -2.37. The zero-order valence-electron chi connectivity index (χ0n) is 12.0. The van der Waals surface area contributed by atoms with Crippen LogP contribution in [0.3, 0.4) is 0 Å². The van der Waals surface area contributed by atoms with E-state index in [1.54, 1.807) is 0 Å². The lowest BCUT2D eigenvalue weighted by molar-refractivity contribution is -0.143. The topological polar surface area (TPSA) is 47.6 Å². The average Bonchev–Trinajstić information content (AvgIpc) is 3.21. The number of hydrogen-bond acceptors (Lipinski definition) is 4. The molecule has 1 aliphatic heterocycles. The average molecular weight is 275 g/mol. The van der Waals surface area contributed by atoms with Crippen molar-refractivity contribution in [3.05, 3.63) is 29.3 Å². The summed E-state index contributed by atoms with van der Waals surface area (Å²) in [4.78, 5) is 12.1. The van der Waals surface area contributed by atoms with Crippen LogP contribution in [0.4, 0.5) is 0 Å². The molecule has 0 radical (unpaired) electrons. The number of rotatable bonds is 5. The van der Waals surface area contributed by atoms with Crippen molar-refractivity contribution in [2.45, 2.75) is 38.3 Å². The molecule has 0 spiro atoms. The normalized spacial score (nSPS) is 19.9. The van der Waals surface area contributed by atoms with E-state index < -0.39 is 0 Å². The molecule has 1 aromatic rings. The van der Waals surface area contributed by atoms with Gasteiger partial charge in [0.2, 0.25) is 0 Å². The van der Waals surface area contributed by atoms with Crippen LogP contribution in [0.5, 0.6) is 5.75 Å². The van der Waals surface area contributed by atoms with Gasteiger partial charge in [0.05, 0.1) is 13.7 Å². The number of esters is 1. The minimum atomic E-state index is -0.388. The Labute approximate surface area is 119 Å². The summed E-state index contributed by atoms with van der Waals surface area (Å²) in [6.07, 6.45) is 3.41. The maximum atomic E-state index is 12.1. The molecule has 2 atom stereocenters. The van der Waals surface area contributed by atoms with Gasteiger partial charge in [-0.05, 0) is 48.9 Å². The van der Waals surface area contributed by atoms with E-state index >= 15 is 0 Å². The third-order valence-corrected chi connectivity index (χ3v) is 4.24. The molecular weight excluding hydrogens is 254 g/mol. The number of carbonyl (C=O) groups excluding carboxylic acids is 1. The molecule has 0 saturated heterocycles. The lowest BCUT2D eigenvalue weighted by atomic mass is 10.0. The summed E-state index contributed by atoms with van der Waals surface area (Å²) in [5, 5.41) is 3.42. The summed E-state index contributed by atoms with van der Waals surface area (Å²) in [6.45, 7) is 2.87. The number of nitrogens with one attached hydrogen (secondary N) is 1. The summed E-state index contributed by atoms with van der Waals surface area (Å²) in [6, 6.07) is 5.93. The van der Waals surface area contributed by atoms with Gasteiger partial charge in [-0.3, -0.25) is 5.32 Å². The summed E-state index contributed by atoms with van der Waals surface area (Å²) in [5.74, 6) is 1.41. The molecule has 3 rings (SSSR count). The Bertz CT molecular complexity index is 510. The maximum absolute atomic E-state index is 12.1. The Balaban J connectivity index is 1.82. The van der Waals surface area contributed by atoms with Crippen LogP contribution in [-0.2, 0) is 16.0 Å². The van der Waals surface area contributed by atoms with Gasteiger partial charge in [0.25, 0.3) is 0 Å². The van der Waals surface area contributed by atoms with E-state index in [-0.39, 0.29) is 12.0 Å². The second-order valence-electron chi connectivity index (χ2n) is 5.71. The molecule has 1 saturated carbocycles. The molecule has 1 heterocycles. The van der Waals surface area contributed by atoms with Crippen LogP contribution >= 0.6 is 0 Å². The quantitative estimate of drug-likeness (QED) is 0.837. The predicted molar refractivity (Wildman–Crippen MR) is 75.7 cm³/mol. The highest BCUT2D eigenvalue weighted by Crippen LogP contribution is 2.34. The Kier molecular flexibility index (Phi) is 3.66. The van der Waals surface area contributed by atoms with Gasteiger partial charge in [0, 0.05) is 12.5 Å². The Morgan fingerprint density at radius 2 is 2.25 bits per heavy atom. The molecule has 108 valence electrons. The first-order valence-corrected chi connectivity index (χ1v) is 7.28. The molecule has 1 N–H and O–H groups in total. The van der Waals surface area contributed by atoms with Gasteiger partial charge in [0.1, 0.15) is 11.8 Å². The summed E-state index contributed by atoms with van der Waals surface area (Å²) < 4.78 is 10.5. The Morgan fingerprint density at radius 1 is 1.45 bits per heavy atom. The van der Waals surface area contributed by atoms with Crippen molar-refractivity contribution in [1.82, 2.24) is 5.32 Å². The number of benzene rings is 1. The van der Waals surface area contributed by atoms with Crippen LogP contribution < -0.4 is 10.1 Å². The molecule has 1 aromatic carbocycles. The summed E-state index contributed by atoms with van der Waals surface area (Å²) >= 11 is 0. The third kappa shape index (κ3) is 2.66. The number of ether oxygens (including phenoxy) is 2. The van der Waals surface area contributed by atoms with E-state index in [0.29, 0.717) is 12.0 Å². The van der Waals surface area contributed by atoms with Gasteiger partial charge in [-0.1, -0.05) is 6.07 Å². The minimum Gasteiger partial charge on any atom is -0.493 e. The molecule has 0 unspecified atom stereocenters. The molecule has 0 amide bonds. The van der Waals surface area contributed by atoms with Crippen molar-refractivity contribution in [3.8, 4) is 5.75 Å². The van der Waals surface area contributed by atoms with E-state index in [2.05, 4.69) is 18.3 Å². The fourth-order valence-electron chi connectivity index (χ4n) is 2.80. The molecule has 0 aromatic heterocycles. The Morgan fingerprint density at radius 3 is 2.95 bits per heavy atom. The van der Waals surface area contributed by atoms with Crippen LogP contribution in [0.15, 0.2) is 18.2 Å². The summed E-state index contributed by atoms with van der Waals surface area (Å²) in [7, 11) is 1.44. The smallest absolute Gasteiger partial charge is 0.327 e. The monoisotopic (exact) mass is 275 g/mol. The van der Waals surface area contributed by atoms with E-state index in [0.717, 1.165) is 24.3 Å². The van der Waals surface area contributed by atoms with Gasteiger partial charge in [-0.15, -0.1) is 0 Å². The predicted octanol–water partition coefficient (Wildman–Crippen LogP) is 2.22. The van der Waals surface area contributed by atoms with E-state index in [4.69, 9.17) is 9.47 Å². The maximum Gasteiger partial charge on any atom is 0.327 e. The third-order valence-electron chi connectivity index (χ3n) is 4.24. The molecule has 4 nitrogen and oxygen atoms in total. The van der Waals surface area contributed by atoms with Crippen molar-refractivity contribution in [3.63, 3.8) is 0 Å². The first-order valence-electron chi connectivity index (χ1n) is 7.28. The zero-order chi connectivity index (χ0) is 14.1. The van der Waals surface area contributed by atoms with Gasteiger partial charge in [-0.2, -0.15) is 0 Å². The number of methoxy groups -OCH3 is 1. The van der Waals surface area contributed by atoms with Crippen LogP contribution in [0, 0.1) is 5.92 Å². The van der Waals surface area contributed by atoms with Crippen LogP contribution in [-0.4, -0.2) is 25.7 Å². The molecule has 20 heavy (non-hydrogen) atoms. The van der Waals surface area contributed by atoms with E-state index in [9.17, 15) is 4.79 Å². The van der Waals surface area contributed by atoms with E-state index in [1.807, 2.05) is 12.1 Å². The fraction of sp³-hybridized carbons (Fsp3) is 0.562. The second-order valence-corrected chi connectivity index (χ2v) is 5.71. The first kappa shape index (κ1) is 13.4. The number of carbonyl (C=O) groups is 1. The first-order chi connectivity index (χ1) is 9.69. The molecular formula is C16H21NO3. The van der Waals surface area contributed by atoms with Crippen molar-refractivity contribution in [2.24, 2.45) is 5.92 Å². The molecule has 4 heteroatoms. The standard InChI is InChI=1S/C16H21NO3/c1-10(11-3-4-11)17-15(16(18)19-2)13-5-6-14-12(9-13)7-8-20-14/h5-6,9-11,15,17H,3-4,7-8H2,1-2H3/t10-,15-/m1/s1. The lowest BCUT2D eigenvalue weighted by Gasteiger charge is -2.22. The largest absolute Gasteiger partial charge is 0.493 e. The second kappa shape index (κ2) is 5.44. The SMILES string of the molecule is COC(=O)[C@H](N[C@H](C)C1CC1)c1ccc2c(c1)CCO2. The molecule has 1 aliphatic carbocycles.